The highest BCUT2D eigenvalue weighted by Crippen LogP contribution is 2.19. The van der Waals surface area contributed by atoms with Gasteiger partial charge in [-0.3, -0.25) is 0 Å². The van der Waals surface area contributed by atoms with Gasteiger partial charge >= 0.3 is 6.03 Å². The van der Waals surface area contributed by atoms with Crippen LogP contribution in [0, 0.1) is 0 Å². The molecular weight excluding hydrogens is 212 g/mol. The molecule has 0 radical (unpaired) electrons. The number of rotatable bonds is 2. The second-order valence-corrected chi connectivity index (χ2v) is 4.40. The number of urea groups is 1. The fourth-order valence-corrected chi connectivity index (χ4v) is 2.35. The van der Waals surface area contributed by atoms with Crippen LogP contribution in [0.1, 0.15) is 25.0 Å². The van der Waals surface area contributed by atoms with Crippen molar-refractivity contribution in [2.45, 2.75) is 26.8 Å². The molecule has 0 N–H and O–H groups in total. The zero-order valence-electron chi connectivity index (χ0n) is 10.6. The van der Waals surface area contributed by atoms with Crippen molar-refractivity contribution in [2.75, 3.05) is 19.6 Å². The van der Waals surface area contributed by atoms with Crippen molar-refractivity contribution < 1.29 is 4.79 Å². The van der Waals surface area contributed by atoms with Crippen LogP contribution in [0.25, 0.3) is 0 Å². The van der Waals surface area contributed by atoms with E-state index in [1.807, 2.05) is 29.7 Å². The lowest BCUT2D eigenvalue weighted by Crippen LogP contribution is -2.45. The Balaban J connectivity index is 2.09. The van der Waals surface area contributed by atoms with Crippen molar-refractivity contribution in [3.63, 3.8) is 0 Å². The topological polar surface area (TPSA) is 23.6 Å². The SMILES string of the molecule is CCN(CC)C(=O)N1CCc2ccccc2C1. The standard InChI is InChI=1S/C14H20N2O/c1-3-15(4-2)14(17)16-10-9-12-7-5-6-8-13(12)11-16/h5-8H,3-4,9-11H2,1-2H3. The van der Waals surface area contributed by atoms with Crippen molar-refractivity contribution in [3.8, 4) is 0 Å². The van der Waals surface area contributed by atoms with E-state index in [1.54, 1.807) is 0 Å². The number of hydrogen-bond donors (Lipinski definition) is 0. The number of amides is 2. The lowest BCUT2D eigenvalue weighted by atomic mass is 10.0. The van der Waals surface area contributed by atoms with Crippen LogP contribution in [0.2, 0.25) is 0 Å². The van der Waals surface area contributed by atoms with E-state index in [4.69, 9.17) is 0 Å². The lowest BCUT2D eigenvalue weighted by molar-refractivity contribution is 0.152. The highest BCUT2D eigenvalue weighted by Gasteiger charge is 2.22. The fourth-order valence-electron chi connectivity index (χ4n) is 2.35. The third kappa shape index (κ3) is 2.43. The summed E-state index contributed by atoms with van der Waals surface area (Å²) in [7, 11) is 0. The molecule has 1 aromatic rings. The van der Waals surface area contributed by atoms with Crippen molar-refractivity contribution in [1.82, 2.24) is 9.80 Å². The van der Waals surface area contributed by atoms with Crippen LogP contribution in [0.15, 0.2) is 24.3 Å². The molecule has 0 saturated carbocycles. The van der Waals surface area contributed by atoms with Gasteiger partial charge in [-0.1, -0.05) is 24.3 Å². The average molecular weight is 232 g/mol. The van der Waals surface area contributed by atoms with Gasteiger partial charge in [0.05, 0.1) is 0 Å². The largest absolute Gasteiger partial charge is 0.325 e. The molecule has 2 amide bonds. The number of nitrogens with zero attached hydrogens (tertiary/aromatic N) is 2. The van der Waals surface area contributed by atoms with Crippen LogP contribution in [0.3, 0.4) is 0 Å². The predicted molar refractivity (Wildman–Crippen MR) is 68.9 cm³/mol. The van der Waals surface area contributed by atoms with E-state index >= 15 is 0 Å². The van der Waals surface area contributed by atoms with Gasteiger partial charge in [0, 0.05) is 26.2 Å². The molecule has 0 aromatic heterocycles. The molecule has 0 saturated heterocycles. The summed E-state index contributed by atoms with van der Waals surface area (Å²) >= 11 is 0. The quantitative estimate of drug-likeness (QED) is 0.768. The monoisotopic (exact) mass is 232 g/mol. The van der Waals surface area contributed by atoms with Gasteiger partial charge in [0.2, 0.25) is 0 Å². The number of fused-ring (bicyclic) bond motifs is 1. The molecule has 0 aliphatic carbocycles. The molecule has 0 spiro atoms. The fraction of sp³-hybridized carbons (Fsp3) is 0.500. The van der Waals surface area contributed by atoms with Gasteiger partial charge in [0.25, 0.3) is 0 Å². The van der Waals surface area contributed by atoms with Gasteiger partial charge in [0.15, 0.2) is 0 Å². The molecule has 17 heavy (non-hydrogen) atoms. The first-order chi connectivity index (χ1) is 8.26. The summed E-state index contributed by atoms with van der Waals surface area (Å²) in [6.45, 7) is 7.22. The maximum absolute atomic E-state index is 12.2. The van der Waals surface area contributed by atoms with E-state index in [0.29, 0.717) is 0 Å². The van der Waals surface area contributed by atoms with Crippen molar-refractivity contribution in [3.05, 3.63) is 35.4 Å². The molecule has 0 fully saturated rings. The van der Waals surface area contributed by atoms with Gasteiger partial charge in [-0.2, -0.15) is 0 Å². The number of hydrogen-bond acceptors (Lipinski definition) is 1. The van der Waals surface area contributed by atoms with Crippen molar-refractivity contribution in [1.29, 1.82) is 0 Å². The maximum atomic E-state index is 12.2. The molecule has 1 heterocycles. The summed E-state index contributed by atoms with van der Waals surface area (Å²) in [5.41, 5.74) is 2.68. The zero-order chi connectivity index (χ0) is 12.3. The van der Waals surface area contributed by atoms with E-state index in [1.165, 1.54) is 11.1 Å². The molecule has 0 bridgehead atoms. The normalized spacial score (nSPS) is 14.4. The van der Waals surface area contributed by atoms with E-state index in [9.17, 15) is 4.79 Å². The van der Waals surface area contributed by atoms with Crippen molar-refractivity contribution >= 4 is 6.03 Å². The van der Waals surface area contributed by atoms with Gasteiger partial charge in [-0.15, -0.1) is 0 Å². The molecule has 1 aromatic carbocycles. The molecule has 3 heteroatoms. The van der Waals surface area contributed by atoms with Crippen molar-refractivity contribution in [2.24, 2.45) is 0 Å². The molecule has 0 unspecified atom stereocenters. The van der Waals surface area contributed by atoms with E-state index in [0.717, 1.165) is 32.6 Å². The minimum absolute atomic E-state index is 0.171. The van der Waals surface area contributed by atoms with E-state index < -0.39 is 0 Å². The van der Waals surface area contributed by atoms with Gasteiger partial charge in [0.1, 0.15) is 0 Å². The Hall–Kier alpha value is -1.51. The first kappa shape index (κ1) is 12.0. The second-order valence-electron chi connectivity index (χ2n) is 4.40. The van der Waals surface area contributed by atoms with E-state index in [2.05, 4.69) is 18.2 Å². The summed E-state index contributed by atoms with van der Waals surface area (Å²) in [5.74, 6) is 0. The summed E-state index contributed by atoms with van der Waals surface area (Å²) in [4.78, 5) is 16.1. The van der Waals surface area contributed by atoms with Crippen LogP contribution < -0.4 is 0 Å². The van der Waals surface area contributed by atoms with Gasteiger partial charge in [-0.25, -0.2) is 4.79 Å². The third-order valence-electron chi connectivity index (χ3n) is 3.44. The summed E-state index contributed by atoms with van der Waals surface area (Å²) < 4.78 is 0. The summed E-state index contributed by atoms with van der Waals surface area (Å²) in [6.07, 6.45) is 0.975. The Labute approximate surface area is 103 Å². The number of benzene rings is 1. The Morgan fingerprint density at radius 1 is 1.24 bits per heavy atom. The zero-order valence-corrected chi connectivity index (χ0v) is 10.6. The highest BCUT2D eigenvalue weighted by molar-refractivity contribution is 5.74. The number of carbonyl (C=O) groups is 1. The Kier molecular flexibility index (Phi) is 3.67. The van der Waals surface area contributed by atoms with Crippen LogP contribution in [-0.4, -0.2) is 35.5 Å². The molecule has 1 aliphatic rings. The molecule has 2 rings (SSSR count). The lowest BCUT2D eigenvalue weighted by Gasteiger charge is -2.33. The third-order valence-corrected chi connectivity index (χ3v) is 3.44. The smallest absolute Gasteiger partial charge is 0.320 e. The molecule has 0 atom stereocenters. The molecule has 1 aliphatic heterocycles. The summed E-state index contributed by atoms with van der Waals surface area (Å²) in [6, 6.07) is 8.57. The Morgan fingerprint density at radius 2 is 1.88 bits per heavy atom. The first-order valence-electron chi connectivity index (χ1n) is 6.36. The van der Waals surface area contributed by atoms with Crippen LogP contribution in [0.5, 0.6) is 0 Å². The molecule has 3 nitrogen and oxygen atoms in total. The van der Waals surface area contributed by atoms with Crippen LogP contribution >= 0.6 is 0 Å². The average Bonchev–Trinajstić information content (AvgIpc) is 2.39. The predicted octanol–water partition coefficient (Wildman–Crippen LogP) is 2.51. The van der Waals surface area contributed by atoms with Crippen LogP contribution in [0.4, 0.5) is 4.79 Å². The van der Waals surface area contributed by atoms with Gasteiger partial charge in [-0.05, 0) is 31.4 Å². The molecule has 92 valence electrons. The Bertz CT molecular complexity index is 399. The summed E-state index contributed by atoms with van der Waals surface area (Å²) in [5, 5.41) is 0. The van der Waals surface area contributed by atoms with Crippen LogP contribution in [-0.2, 0) is 13.0 Å². The minimum Gasteiger partial charge on any atom is -0.325 e. The molecular formula is C14H20N2O. The second kappa shape index (κ2) is 5.21. The minimum atomic E-state index is 0.171. The number of carbonyl (C=O) groups excluding carboxylic acids is 1. The maximum Gasteiger partial charge on any atom is 0.320 e. The highest BCUT2D eigenvalue weighted by atomic mass is 16.2. The van der Waals surface area contributed by atoms with Gasteiger partial charge < -0.3 is 9.80 Å². The first-order valence-corrected chi connectivity index (χ1v) is 6.36. The van der Waals surface area contributed by atoms with E-state index in [-0.39, 0.29) is 6.03 Å². The Morgan fingerprint density at radius 3 is 2.53 bits per heavy atom.